The number of carbonyl (C=O) groups excluding carboxylic acids is 2. The van der Waals surface area contributed by atoms with Crippen molar-refractivity contribution in [2.75, 3.05) is 11.5 Å². The van der Waals surface area contributed by atoms with Gasteiger partial charge >= 0.3 is 6.09 Å². The average Bonchev–Trinajstić information content (AvgIpc) is 2.54. The number of halogens is 1. The van der Waals surface area contributed by atoms with Crippen LogP contribution in [0.1, 0.15) is 41.0 Å². The molecule has 2 N–H and O–H groups in total. The fraction of sp³-hybridized carbons (Fsp3) is 0.529. The highest BCUT2D eigenvalue weighted by atomic mass is 35.5. The SMILES string of the molecule is CC(C)(C)OC(N)=O.CC(C)N1C(=O)CCOc2cc(Cl)ccc21. The number of rotatable bonds is 1. The molecule has 1 heterocycles. The Hall–Kier alpha value is -1.95. The van der Waals surface area contributed by atoms with E-state index in [4.69, 9.17) is 22.1 Å². The van der Waals surface area contributed by atoms with Gasteiger partial charge in [-0.15, -0.1) is 0 Å². The molecular formula is C17H25ClN2O4. The molecule has 0 fully saturated rings. The molecule has 1 aliphatic rings. The van der Waals surface area contributed by atoms with Crippen molar-refractivity contribution in [3.63, 3.8) is 0 Å². The number of carbonyl (C=O) groups is 2. The van der Waals surface area contributed by atoms with E-state index in [2.05, 4.69) is 4.74 Å². The molecule has 134 valence electrons. The number of primary amides is 1. The van der Waals surface area contributed by atoms with Crippen LogP contribution in [-0.4, -0.2) is 30.3 Å². The summed E-state index contributed by atoms with van der Waals surface area (Å²) in [7, 11) is 0. The van der Waals surface area contributed by atoms with E-state index < -0.39 is 11.7 Å². The van der Waals surface area contributed by atoms with E-state index in [1.165, 1.54) is 0 Å². The van der Waals surface area contributed by atoms with Crippen LogP contribution >= 0.6 is 11.6 Å². The molecule has 2 rings (SSSR count). The maximum atomic E-state index is 11.9. The van der Waals surface area contributed by atoms with Gasteiger partial charge < -0.3 is 20.1 Å². The van der Waals surface area contributed by atoms with Gasteiger partial charge in [-0.1, -0.05) is 11.6 Å². The van der Waals surface area contributed by atoms with E-state index in [1.807, 2.05) is 19.9 Å². The van der Waals surface area contributed by atoms with Gasteiger partial charge in [-0.2, -0.15) is 0 Å². The number of nitrogens with zero attached hydrogens (tertiary/aromatic N) is 1. The van der Waals surface area contributed by atoms with Crippen molar-refractivity contribution >= 4 is 29.3 Å². The molecule has 0 spiro atoms. The maximum absolute atomic E-state index is 11.9. The summed E-state index contributed by atoms with van der Waals surface area (Å²) < 4.78 is 10.1. The quantitative estimate of drug-likeness (QED) is 0.830. The van der Waals surface area contributed by atoms with Gasteiger partial charge in [0.2, 0.25) is 5.91 Å². The van der Waals surface area contributed by atoms with Gasteiger partial charge in [-0.05, 0) is 46.8 Å². The smallest absolute Gasteiger partial charge is 0.405 e. The summed E-state index contributed by atoms with van der Waals surface area (Å²) in [5.74, 6) is 0.781. The molecule has 0 saturated heterocycles. The first-order valence-corrected chi connectivity index (χ1v) is 8.12. The minimum absolute atomic E-state index is 0.0936. The summed E-state index contributed by atoms with van der Waals surface area (Å²) in [5, 5.41) is 0.622. The lowest BCUT2D eigenvalue weighted by Gasteiger charge is -2.25. The Kier molecular flexibility index (Phi) is 6.90. The van der Waals surface area contributed by atoms with Crippen molar-refractivity contribution < 1.29 is 19.1 Å². The van der Waals surface area contributed by atoms with E-state index in [0.29, 0.717) is 23.8 Å². The number of ether oxygens (including phenoxy) is 2. The summed E-state index contributed by atoms with van der Waals surface area (Å²) in [6.07, 6.45) is -0.317. The molecule has 0 saturated carbocycles. The molecule has 0 bridgehead atoms. The molecule has 24 heavy (non-hydrogen) atoms. The summed E-state index contributed by atoms with van der Waals surface area (Å²) in [4.78, 5) is 23.7. The van der Waals surface area contributed by atoms with Gasteiger partial charge in [0.1, 0.15) is 11.4 Å². The topological polar surface area (TPSA) is 81.9 Å². The highest BCUT2D eigenvalue weighted by Crippen LogP contribution is 2.34. The van der Waals surface area contributed by atoms with Crippen molar-refractivity contribution in [1.29, 1.82) is 0 Å². The lowest BCUT2D eigenvalue weighted by molar-refractivity contribution is -0.119. The number of hydrogen-bond acceptors (Lipinski definition) is 4. The first-order chi connectivity index (χ1) is 11.0. The van der Waals surface area contributed by atoms with Gasteiger partial charge in [0, 0.05) is 17.1 Å². The Balaban J connectivity index is 0.000000307. The third-order valence-corrected chi connectivity index (χ3v) is 3.18. The molecule has 0 aliphatic carbocycles. The summed E-state index contributed by atoms with van der Waals surface area (Å²) in [6.45, 7) is 9.67. The van der Waals surface area contributed by atoms with Gasteiger partial charge in [0.15, 0.2) is 0 Å². The van der Waals surface area contributed by atoms with Crippen molar-refractivity contribution in [2.24, 2.45) is 5.73 Å². The molecule has 0 unspecified atom stereocenters. The standard InChI is InChI=1S/C12H14ClNO2.C5H11NO2/c1-8(2)14-10-4-3-9(13)7-11(10)16-6-5-12(14)15;1-5(2,3)8-4(6)7/h3-4,7-8H,5-6H2,1-2H3;1-3H3,(H2,6,7). The molecule has 0 aromatic heterocycles. The van der Waals surface area contributed by atoms with Gasteiger partial charge in [-0.3, -0.25) is 4.79 Å². The molecule has 0 radical (unpaired) electrons. The van der Waals surface area contributed by atoms with Crippen LogP contribution in [-0.2, 0) is 9.53 Å². The zero-order valence-corrected chi connectivity index (χ0v) is 15.5. The third kappa shape index (κ3) is 6.28. The fourth-order valence-electron chi connectivity index (χ4n) is 2.17. The van der Waals surface area contributed by atoms with E-state index in [-0.39, 0.29) is 11.9 Å². The van der Waals surface area contributed by atoms with Gasteiger partial charge in [0.05, 0.1) is 18.7 Å². The number of anilines is 1. The van der Waals surface area contributed by atoms with Gasteiger partial charge in [0.25, 0.3) is 0 Å². The zero-order chi connectivity index (χ0) is 18.5. The minimum atomic E-state index is -0.725. The summed E-state index contributed by atoms with van der Waals surface area (Å²) in [5.41, 5.74) is 5.07. The van der Waals surface area contributed by atoms with Crippen LogP contribution in [0.2, 0.25) is 5.02 Å². The van der Waals surface area contributed by atoms with E-state index in [9.17, 15) is 9.59 Å². The van der Waals surface area contributed by atoms with Crippen LogP contribution in [0.5, 0.6) is 5.75 Å². The molecule has 1 aromatic rings. The Bertz CT molecular complexity index is 597. The molecule has 7 heteroatoms. The largest absolute Gasteiger partial charge is 0.491 e. The lowest BCUT2D eigenvalue weighted by atomic mass is 10.2. The molecule has 0 atom stereocenters. The lowest BCUT2D eigenvalue weighted by Crippen LogP contribution is -2.36. The van der Waals surface area contributed by atoms with Crippen molar-refractivity contribution in [3.8, 4) is 5.75 Å². The van der Waals surface area contributed by atoms with Crippen LogP contribution in [0, 0.1) is 0 Å². The normalized spacial score (nSPS) is 14.1. The summed E-state index contributed by atoms with van der Waals surface area (Å²) in [6, 6.07) is 5.48. The van der Waals surface area contributed by atoms with E-state index in [0.717, 1.165) is 5.69 Å². The Morgan fingerprint density at radius 1 is 1.38 bits per heavy atom. The van der Waals surface area contributed by atoms with Crippen LogP contribution < -0.4 is 15.4 Å². The maximum Gasteiger partial charge on any atom is 0.405 e. The van der Waals surface area contributed by atoms with E-state index >= 15 is 0 Å². The van der Waals surface area contributed by atoms with Crippen LogP contribution in [0.4, 0.5) is 10.5 Å². The van der Waals surface area contributed by atoms with Crippen LogP contribution in [0.3, 0.4) is 0 Å². The van der Waals surface area contributed by atoms with Crippen molar-refractivity contribution in [2.45, 2.75) is 52.7 Å². The molecule has 2 amide bonds. The predicted octanol–water partition coefficient (Wildman–Crippen LogP) is 3.74. The average molecular weight is 357 g/mol. The number of amides is 2. The third-order valence-electron chi connectivity index (χ3n) is 2.95. The van der Waals surface area contributed by atoms with Gasteiger partial charge in [-0.25, -0.2) is 4.79 Å². The Labute approximate surface area is 147 Å². The second-order valence-corrected chi connectivity index (χ2v) is 7.04. The first-order valence-electron chi connectivity index (χ1n) is 7.74. The summed E-state index contributed by atoms with van der Waals surface area (Å²) >= 11 is 5.91. The van der Waals surface area contributed by atoms with E-state index in [1.54, 1.807) is 37.8 Å². The van der Waals surface area contributed by atoms with Crippen molar-refractivity contribution in [1.82, 2.24) is 0 Å². The number of nitrogens with two attached hydrogens (primary N) is 1. The molecular weight excluding hydrogens is 332 g/mol. The second-order valence-electron chi connectivity index (χ2n) is 6.60. The van der Waals surface area contributed by atoms with Crippen molar-refractivity contribution in [3.05, 3.63) is 23.2 Å². The minimum Gasteiger partial charge on any atom is -0.491 e. The van der Waals surface area contributed by atoms with Crippen LogP contribution in [0.25, 0.3) is 0 Å². The molecule has 1 aliphatic heterocycles. The fourth-order valence-corrected chi connectivity index (χ4v) is 2.34. The number of fused-ring (bicyclic) bond motifs is 1. The Morgan fingerprint density at radius 2 is 2.00 bits per heavy atom. The molecule has 1 aromatic carbocycles. The second kappa shape index (κ2) is 8.24. The highest BCUT2D eigenvalue weighted by Gasteiger charge is 2.25. The predicted molar refractivity (Wildman–Crippen MR) is 94.6 cm³/mol. The zero-order valence-electron chi connectivity index (χ0n) is 14.8. The molecule has 6 nitrogen and oxygen atoms in total. The highest BCUT2D eigenvalue weighted by molar-refractivity contribution is 6.30. The number of benzene rings is 1. The van der Waals surface area contributed by atoms with Crippen LogP contribution in [0.15, 0.2) is 18.2 Å². The number of hydrogen-bond donors (Lipinski definition) is 1. The monoisotopic (exact) mass is 356 g/mol. The Morgan fingerprint density at radius 3 is 2.46 bits per heavy atom. The first kappa shape index (κ1) is 20.1.